The molecule has 2 aromatic carbocycles. The topological polar surface area (TPSA) is 81.5 Å². The van der Waals surface area contributed by atoms with Crippen molar-refractivity contribution < 1.29 is 14.3 Å². The number of rotatable bonds is 8. The Hall–Kier alpha value is -3.59. The molecular formula is C23H25N5O3S. The monoisotopic (exact) mass is 451 g/mol. The number of thiazole rings is 1. The number of anilines is 1. The number of carbonyl (C=O) groups is 1. The van der Waals surface area contributed by atoms with Crippen molar-refractivity contribution in [2.75, 3.05) is 32.7 Å². The van der Waals surface area contributed by atoms with Crippen molar-refractivity contribution in [3.8, 4) is 17.2 Å². The summed E-state index contributed by atoms with van der Waals surface area (Å²) < 4.78 is 13.5. The molecule has 0 unspecified atom stereocenters. The van der Waals surface area contributed by atoms with Crippen LogP contribution in [0.3, 0.4) is 0 Å². The molecule has 0 aliphatic heterocycles. The summed E-state index contributed by atoms with van der Waals surface area (Å²) in [4.78, 5) is 19.2. The highest BCUT2D eigenvalue weighted by Crippen LogP contribution is 2.32. The molecule has 0 bridgehead atoms. The molecule has 0 fully saturated rings. The molecule has 166 valence electrons. The standard InChI is InChI=1S/C23H25N5O3S/c1-15-21-22(28(26-15)17-8-6-5-7-9-17)25-23(32-21)27(2)14-20(29)24-13-16-12-18(30-3)10-11-19(16)31-4/h5-12H,13-14H2,1-4H3,(H,24,29). The number of para-hydroxylation sites is 1. The maximum absolute atomic E-state index is 12.6. The van der Waals surface area contributed by atoms with Crippen LogP contribution in [0.4, 0.5) is 5.13 Å². The van der Waals surface area contributed by atoms with Crippen LogP contribution in [0, 0.1) is 6.92 Å². The normalized spacial score (nSPS) is 10.9. The maximum atomic E-state index is 12.6. The molecule has 0 aliphatic carbocycles. The Morgan fingerprint density at radius 2 is 1.94 bits per heavy atom. The lowest BCUT2D eigenvalue weighted by atomic mass is 10.2. The highest BCUT2D eigenvalue weighted by molar-refractivity contribution is 7.22. The van der Waals surface area contributed by atoms with Crippen molar-refractivity contribution in [1.82, 2.24) is 20.1 Å². The maximum Gasteiger partial charge on any atom is 0.239 e. The lowest BCUT2D eigenvalue weighted by molar-refractivity contribution is -0.119. The van der Waals surface area contributed by atoms with E-state index in [0.717, 1.165) is 32.4 Å². The summed E-state index contributed by atoms with van der Waals surface area (Å²) in [5.74, 6) is 1.30. The van der Waals surface area contributed by atoms with E-state index in [9.17, 15) is 4.79 Å². The first-order valence-corrected chi connectivity index (χ1v) is 10.9. The molecule has 1 amide bonds. The number of methoxy groups -OCH3 is 2. The quantitative estimate of drug-likeness (QED) is 0.441. The van der Waals surface area contributed by atoms with Gasteiger partial charge >= 0.3 is 0 Å². The summed E-state index contributed by atoms with van der Waals surface area (Å²) in [6, 6.07) is 15.4. The van der Waals surface area contributed by atoms with Crippen LogP contribution in [0.5, 0.6) is 11.5 Å². The van der Waals surface area contributed by atoms with Gasteiger partial charge in [0, 0.05) is 19.2 Å². The molecule has 2 aromatic heterocycles. The van der Waals surface area contributed by atoms with Crippen molar-refractivity contribution in [2.45, 2.75) is 13.5 Å². The van der Waals surface area contributed by atoms with Crippen molar-refractivity contribution in [2.24, 2.45) is 0 Å². The third-order valence-corrected chi connectivity index (χ3v) is 6.32. The Labute approximate surface area is 190 Å². The summed E-state index contributed by atoms with van der Waals surface area (Å²) in [5, 5.41) is 8.33. The zero-order valence-electron chi connectivity index (χ0n) is 18.5. The first-order chi connectivity index (χ1) is 15.5. The van der Waals surface area contributed by atoms with Crippen molar-refractivity contribution in [3.05, 3.63) is 59.8 Å². The zero-order valence-corrected chi connectivity index (χ0v) is 19.3. The highest BCUT2D eigenvalue weighted by Gasteiger charge is 2.18. The number of hydrogen-bond acceptors (Lipinski definition) is 7. The fourth-order valence-corrected chi connectivity index (χ4v) is 4.34. The van der Waals surface area contributed by atoms with E-state index in [0.29, 0.717) is 18.0 Å². The fraction of sp³-hybridized carbons (Fsp3) is 0.261. The van der Waals surface area contributed by atoms with Gasteiger partial charge in [0.2, 0.25) is 5.91 Å². The first kappa shape index (κ1) is 21.6. The molecule has 0 saturated heterocycles. The largest absolute Gasteiger partial charge is 0.497 e. The average Bonchev–Trinajstić information content (AvgIpc) is 3.38. The van der Waals surface area contributed by atoms with Crippen LogP contribution < -0.4 is 19.7 Å². The Kier molecular flexibility index (Phi) is 6.27. The van der Waals surface area contributed by atoms with Crippen LogP contribution >= 0.6 is 11.3 Å². The smallest absolute Gasteiger partial charge is 0.239 e. The van der Waals surface area contributed by atoms with Crippen molar-refractivity contribution in [1.29, 1.82) is 0 Å². The van der Waals surface area contributed by atoms with Gasteiger partial charge in [0.25, 0.3) is 0 Å². The summed E-state index contributed by atoms with van der Waals surface area (Å²) >= 11 is 1.53. The number of aryl methyl sites for hydroxylation is 1. The van der Waals surface area contributed by atoms with Crippen LogP contribution in [-0.4, -0.2) is 48.5 Å². The molecule has 2 heterocycles. The van der Waals surface area contributed by atoms with Gasteiger partial charge in [-0.15, -0.1) is 0 Å². The van der Waals surface area contributed by atoms with E-state index in [1.807, 2.05) is 72.1 Å². The van der Waals surface area contributed by atoms with Gasteiger partial charge < -0.3 is 19.7 Å². The summed E-state index contributed by atoms with van der Waals surface area (Å²) in [7, 11) is 5.07. The Morgan fingerprint density at radius 3 is 2.66 bits per heavy atom. The van der Waals surface area contributed by atoms with E-state index >= 15 is 0 Å². The van der Waals surface area contributed by atoms with Gasteiger partial charge in [-0.25, -0.2) is 4.68 Å². The molecule has 8 nitrogen and oxygen atoms in total. The third-order valence-electron chi connectivity index (χ3n) is 5.05. The van der Waals surface area contributed by atoms with Crippen LogP contribution in [-0.2, 0) is 11.3 Å². The molecule has 0 aliphatic rings. The molecule has 0 radical (unpaired) electrons. The van der Waals surface area contributed by atoms with Crippen LogP contribution in [0.2, 0.25) is 0 Å². The minimum absolute atomic E-state index is 0.113. The number of benzene rings is 2. The average molecular weight is 452 g/mol. The second-order valence-electron chi connectivity index (χ2n) is 7.29. The Balaban J connectivity index is 1.46. The number of fused-ring (bicyclic) bond motifs is 1. The molecule has 0 saturated carbocycles. The number of nitrogens with zero attached hydrogens (tertiary/aromatic N) is 4. The SMILES string of the molecule is COc1ccc(OC)c(CNC(=O)CN(C)c2nc3c(s2)c(C)nn3-c2ccccc2)c1. The van der Waals surface area contributed by atoms with Crippen LogP contribution in [0.15, 0.2) is 48.5 Å². The van der Waals surface area contributed by atoms with Gasteiger partial charge in [0.1, 0.15) is 11.5 Å². The van der Waals surface area contributed by atoms with E-state index in [1.54, 1.807) is 14.2 Å². The summed E-state index contributed by atoms with van der Waals surface area (Å²) in [5.41, 5.74) is 3.51. The summed E-state index contributed by atoms with van der Waals surface area (Å²) in [6.45, 7) is 2.49. The molecule has 9 heteroatoms. The number of carbonyl (C=O) groups excluding carboxylic acids is 1. The molecule has 32 heavy (non-hydrogen) atoms. The molecule has 1 N–H and O–H groups in total. The molecule has 0 atom stereocenters. The first-order valence-electron chi connectivity index (χ1n) is 10.1. The van der Waals surface area contributed by atoms with Gasteiger partial charge in [-0.1, -0.05) is 29.5 Å². The Bertz CT molecular complexity index is 1240. The van der Waals surface area contributed by atoms with E-state index in [4.69, 9.17) is 14.5 Å². The fourth-order valence-electron chi connectivity index (χ4n) is 3.39. The van der Waals surface area contributed by atoms with Crippen molar-refractivity contribution >= 4 is 32.7 Å². The van der Waals surface area contributed by atoms with Crippen LogP contribution in [0.1, 0.15) is 11.3 Å². The molecule has 4 rings (SSSR count). The minimum Gasteiger partial charge on any atom is -0.497 e. The van der Waals surface area contributed by atoms with Gasteiger partial charge in [-0.3, -0.25) is 4.79 Å². The van der Waals surface area contributed by atoms with Gasteiger partial charge in [-0.05, 0) is 37.3 Å². The molecule has 0 spiro atoms. The van der Waals surface area contributed by atoms with Gasteiger partial charge in [0.15, 0.2) is 10.8 Å². The summed E-state index contributed by atoms with van der Waals surface area (Å²) in [6.07, 6.45) is 0. The van der Waals surface area contributed by atoms with E-state index in [2.05, 4.69) is 10.4 Å². The van der Waals surface area contributed by atoms with E-state index in [1.165, 1.54) is 11.3 Å². The Morgan fingerprint density at radius 1 is 1.16 bits per heavy atom. The van der Waals surface area contributed by atoms with Crippen LogP contribution in [0.25, 0.3) is 16.0 Å². The predicted molar refractivity (Wildman–Crippen MR) is 126 cm³/mol. The van der Waals surface area contributed by atoms with E-state index < -0.39 is 0 Å². The third kappa shape index (κ3) is 4.38. The number of aromatic nitrogens is 3. The lowest BCUT2D eigenvalue weighted by Crippen LogP contribution is -2.34. The zero-order chi connectivity index (χ0) is 22.7. The second-order valence-corrected chi connectivity index (χ2v) is 8.27. The van der Waals surface area contributed by atoms with Crippen molar-refractivity contribution in [3.63, 3.8) is 0 Å². The number of nitrogens with one attached hydrogen (secondary N) is 1. The highest BCUT2D eigenvalue weighted by atomic mass is 32.1. The molecule has 4 aromatic rings. The van der Waals surface area contributed by atoms with Gasteiger partial charge in [0.05, 0.1) is 36.8 Å². The second kappa shape index (κ2) is 9.27. The number of ether oxygens (including phenoxy) is 2. The number of likely N-dealkylation sites (N-methyl/N-ethyl adjacent to an activating group) is 1. The minimum atomic E-state index is -0.113. The number of hydrogen-bond donors (Lipinski definition) is 1. The number of amides is 1. The lowest BCUT2D eigenvalue weighted by Gasteiger charge is -2.16. The van der Waals surface area contributed by atoms with E-state index in [-0.39, 0.29) is 12.5 Å². The van der Waals surface area contributed by atoms with Gasteiger partial charge in [-0.2, -0.15) is 10.1 Å². The molecular weight excluding hydrogens is 426 g/mol. The predicted octanol–water partition coefficient (Wildman–Crippen LogP) is 3.56.